The quantitative estimate of drug-likeness (QED) is 0.852. The van der Waals surface area contributed by atoms with Gasteiger partial charge in [-0.15, -0.1) is 0 Å². The lowest BCUT2D eigenvalue weighted by Crippen LogP contribution is -2.32. The predicted octanol–water partition coefficient (Wildman–Crippen LogP) is 2.72. The number of likely N-dealkylation sites (N-methyl/N-ethyl adjacent to an activating group) is 1. The summed E-state index contributed by atoms with van der Waals surface area (Å²) < 4.78 is 5.49. The zero-order chi connectivity index (χ0) is 15.4. The summed E-state index contributed by atoms with van der Waals surface area (Å²) in [5, 5.41) is 0. The van der Waals surface area contributed by atoms with Gasteiger partial charge >= 0.3 is 0 Å². The molecule has 0 unspecified atom stereocenters. The van der Waals surface area contributed by atoms with Crippen molar-refractivity contribution in [2.75, 3.05) is 19.7 Å². The average molecular weight is 296 g/mol. The minimum Gasteiger partial charge on any atom is -0.493 e. The van der Waals surface area contributed by atoms with E-state index in [0.717, 1.165) is 29.7 Å². The number of carbonyl (C=O) groups is 1. The van der Waals surface area contributed by atoms with Crippen LogP contribution in [-0.4, -0.2) is 35.5 Å². The van der Waals surface area contributed by atoms with Gasteiger partial charge in [0, 0.05) is 37.5 Å². The number of nitrogens with zero attached hydrogens (tertiary/aromatic N) is 2. The molecule has 22 heavy (non-hydrogen) atoms. The van der Waals surface area contributed by atoms with E-state index in [2.05, 4.69) is 4.98 Å². The smallest absolute Gasteiger partial charge is 0.253 e. The lowest BCUT2D eigenvalue weighted by Gasteiger charge is -2.21. The van der Waals surface area contributed by atoms with Crippen LogP contribution in [0.5, 0.6) is 5.75 Å². The Hall–Kier alpha value is -2.36. The second-order valence-corrected chi connectivity index (χ2v) is 5.41. The first-order chi connectivity index (χ1) is 10.8. The van der Waals surface area contributed by atoms with Crippen molar-refractivity contribution in [3.8, 4) is 5.75 Å². The molecule has 1 aliphatic heterocycles. The van der Waals surface area contributed by atoms with Crippen molar-refractivity contribution in [3.63, 3.8) is 0 Å². The number of hydrogen-bond acceptors (Lipinski definition) is 3. The number of rotatable bonds is 5. The van der Waals surface area contributed by atoms with Crippen LogP contribution in [-0.2, 0) is 12.8 Å². The summed E-state index contributed by atoms with van der Waals surface area (Å²) in [5.41, 5.74) is 3.08. The molecule has 1 amide bonds. The van der Waals surface area contributed by atoms with E-state index < -0.39 is 0 Å². The molecule has 0 atom stereocenters. The number of benzene rings is 1. The highest BCUT2D eigenvalue weighted by Crippen LogP contribution is 2.26. The van der Waals surface area contributed by atoms with Gasteiger partial charge in [-0.2, -0.15) is 0 Å². The predicted molar refractivity (Wildman–Crippen MR) is 85.2 cm³/mol. The van der Waals surface area contributed by atoms with E-state index in [9.17, 15) is 4.79 Å². The van der Waals surface area contributed by atoms with Crippen molar-refractivity contribution in [1.82, 2.24) is 9.88 Å². The standard InChI is InChI=1S/C18H20N2O2/c1-2-20(11-7-14-5-9-19-10-6-14)18(21)16-3-4-17-15(13-16)8-12-22-17/h3-6,9-10,13H,2,7-8,11-12H2,1H3. The Morgan fingerprint density at radius 3 is 2.86 bits per heavy atom. The summed E-state index contributed by atoms with van der Waals surface area (Å²) in [6.07, 6.45) is 5.30. The monoisotopic (exact) mass is 296 g/mol. The van der Waals surface area contributed by atoms with Gasteiger partial charge in [-0.05, 0) is 54.8 Å². The van der Waals surface area contributed by atoms with Crippen molar-refractivity contribution in [1.29, 1.82) is 0 Å². The van der Waals surface area contributed by atoms with Crippen LogP contribution >= 0.6 is 0 Å². The number of carbonyl (C=O) groups excluding carboxylic acids is 1. The Morgan fingerprint density at radius 1 is 1.27 bits per heavy atom. The lowest BCUT2D eigenvalue weighted by atomic mass is 10.1. The maximum absolute atomic E-state index is 12.7. The second kappa shape index (κ2) is 6.60. The fraction of sp³-hybridized carbons (Fsp3) is 0.333. The maximum Gasteiger partial charge on any atom is 0.253 e. The third-order valence-corrected chi connectivity index (χ3v) is 4.03. The van der Waals surface area contributed by atoms with Crippen LogP contribution in [0.4, 0.5) is 0 Å². The molecule has 0 fully saturated rings. The first-order valence-electron chi connectivity index (χ1n) is 7.72. The molecule has 2 heterocycles. The van der Waals surface area contributed by atoms with E-state index in [1.54, 1.807) is 12.4 Å². The lowest BCUT2D eigenvalue weighted by molar-refractivity contribution is 0.0766. The second-order valence-electron chi connectivity index (χ2n) is 5.41. The molecule has 1 aromatic carbocycles. The van der Waals surface area contributed by atoms with Gasteiger partial charge in [0.25, 0.3) is 5.91 Å². The molecule has 4 heteroatoms. The van der Waals surface area contributed by atoms with Gasteiger partial charge < -0.3 is 9.64 Å². The Kier molecular flexibility index (Phi) is 4.37. The normalized spacial score (nSPS) is 12.6. The molecule has 4 nitrogen and oxygen atoms in total. The van der Waals surface area contributed by atoms with Crippen LogP contribution in [0, 0.1) is 0 Å². The van der Waals surface area contributed by atoms with Gasteiger partial charge in [0.2, 0.25) is 0 Å². The largest absolute Gasteiger partial charge is 0.493 e. The summed E-state index contributed by atoms with van der Waals surface area (Å²) in [6, 6.07) is 9.73. The molecule has 0 aliphatic carbocycles. The first-order valence-corrected chi connectivity index (χ1v) is 7.72. The zero-order valence-electron chi connectivity index (χ0n) is 12.8. The summed E-state index contributed by atoms with van der Waals surface area (Å²) >= 11 is 0. The van der Waals surface area contributed by atoms with Crippen molar-refractivity contribution in [2.24, 2.45) is 0 Å². The third kappa shape index (κ3) is 3.11. The van der Waals surface area contributed by atoms with E-state index in [1.165, 1.54) is 5.56 Å². The SMILES string of the molecule is CCN(CCc1ccncc1)C(=O)c1ccc2c(c1)CCO2. The Balaban J connectivity index is 1.69. The molecule has 0 saturated carbocycles. The van der Waals surface area contributed by atoms with Gasteiger partial charge in [0.05, 0.1) is 6.61 Å². The van der Waals surface area contributed by atoms with E-state index in [0.29, 0.717) is 19.7 Å². The van der Waals surface area contributed by atoms with Gasteiger partial charge in [-0.25, -0.2) is 0 Å². The summed E-state index contributed by atoms with van der Waals surface area (Å²) in [6.45, 7) is 4.15. The molecule has 1 aliphatic rings. The molecule has 0 saturated heterocycles. The number of amides is 1. The average Bonchev–Trinajstić information content (AvgIpc) is 3.03. The number of pyridine rings is 1. The minimum atomic E-state index is 0.0891. The van der Waals surface area contributed by atoms with Crippen molar-refractivity contribution in [2.45, 2.75) is 19.8 Å². The van der Waals surface area contributed by atoms with Gasteiger partial charge in [0.15, 0.2) is 0 Å². The summed E-state index contributed by atoms with van der Waals surface area (Å²) in [4.78, 5) is 18.6. The van der Waals surface area contributed by atoms with Crippen LogP contribution in [0.2, 0.25) is 0 Å². The maximum atomic E-state index is 12.7. The Labute approximate surface area is 130 Å². The van der Waals surface area contributed by atoms with E-state index in [1.807, 2.05) is 42.2 Å². The van der Waals surface area contributed by atoms with E-state index in [4.69, 9.17) is 4.74 Å². The fourth-order valence-corrected chi connectivity index (χ4v) is 2.72. The van der Waals surface area contributed by atoms with E-state index >= 15 is 0 Å². The summed E-state index contributed by atoms with van der Waals surface area (Å²) in [7, 11) is 0. The highest BCUT2D eigenvalue weighted by molar-refractivity contribution is 5.94. The summed E-state index contributed by atoms with van der Waals surface area (Å²) in [5.74, 6) is 1.00. The highest BCUT2D eigenvalue weighted by Gasteiger charge is 2.18. The molecular weight excluding hydrogens is 276 g/mol. The van der Waals surface area contributed by atoms with E-state index in [-0.39, 0.29) is 5.91 Å². The molecule has 114 valence electrons. The molecule has 0 spiro atoms. The third-order valence-electron chi connectivity index (χ3n) is 4.03. The molecule has 1 aromatic heterocycles. The highest BCUT2D eigenvalue weighted by atomic mass is 16.5. The fourth-order valence-electron chi connectivity index (χ4n) is 2.72. The van der Waals surface area contributed by atoms with Crippen molar-refractivity contribution in [3.05, 3.63) is 59.4 Å². The van der Waals surface area contributed by atoms with Gasteiger partial charge in [0.1, 0.15) is 5.75 Å². The number of ether oxygens (including phenoxy) is 1. The number of fused-ring (bicyclic) bond motifs is 1. The molecule has 0 N–H and O–H groups in total. The molecule has 0 radical (unpaired) electrons. The van der Waals surface area contributed by atoms with Crippen molar-refractivity contribution >= 4 is 5.91 Å². The van der Waals surface area contributed by atoms with Crippen LogP contribution in [0.3, 0.4) is 0 Å². The molecule has 2 aromatic rings. The minimum absolute atomic E-state index is 0.0891. The van der Waals surface area contributed by atoms with Gasteiger partial charge in [-0.3, -0.25) is 9.78 Å². The van der Waals surface area contributed by atoms with Crippen LogP contribution in [0.1, 0.15) is 28.4 Å². The number of hydrogen-bond donors (Lipinski definition) is 0. The molecule has 3 rings (SSSR count). The zero-order valence-corrected chi connectivity index (χ0v) is 12.8. The Morgan fingerprint density at radius 2 is 2.09 bits per heavy atom. The Bertz CT molecular complexity index is 655. The van der Waals surface area contributed by atoms with Crippen LogP contribution in [0.15, 0.2) is 42.7 Å². The molecular formula is C18H20N2O2. The molecule has 0 bridgehead atoms. The van der Waals surface area contributed by atoms with Crippen LogP contribution < -0.4 is 4.74 Å². The van der Waals surface area contributed by atoms with Crippen molar-refractivity contribution < 1.29 is 9.53 Å². The van der Waals surface area contributed by atoms with Gasteiger partial charge in [-0.1, -0.05) is 0 Å². The van der Waals surface area contributed by atoms with Crippen LogP contribution in [0.25, 0.3) is 0 Å². The number of aromatic nitrogens is 1. The first kappa shape index (κ1) is 14.6. The topological polar surface area (TPSA) is 42.4 Å².